The van der Waals surface area contributed by atoms with E-state index < -0.39 is 0 Å². The van der Waals surface area contributed by atoms with Crippen LogP contribution in [0.4, 0.5) is 5.69 Å². The zero-order valence-corrected chi connectivity index (χ0v) is 17.7. The molecule has 1 aromatic carbocycles. The van der Waals surface area contributed by atoms with Gasteiger partial charge in [0.15, 0.2) is 5.11 Å². The van der Waals surface area contributed by atoms with Crippen LogP contribution in [0.25, 0.3) is 0 Å². The molecule has 2 atom stereocenters. The van der Waals surface area contributed by atoms with E-state index in [9.17, 15) is 4.79 Å². The molecule has 3 heterocycles. The smallest absolute Gasteiger partial charge is 0.226 e. The van der Waals surface area contributed by atoms with E-state index in [0.29, 0.717) is 18.1 Å². The molecule has 1 saturated heterocycles. The van der Waals surface area contributed by atoms with E-state index in [1.54, 1.807) is 17.5 Å². The normalized spacial score (nSPS) is 18.5. The number of nitrogens with zero attached hydrogens (tertiary/aromatic N) is 2. The average Bonchev–Trinajstić information content (AvgIpc) is 3.35. The predicted molar refractivity (Wildman–Crippen MR) is 121 cm³/mol. The Morgan fingerprint density at radius 2 is 2.14 bits per heavy atom. The minimum Gasteiger partial charge on any atom is -0.352 e. The maximum Gasteiger partial charge on any atom is 0.226 e. The zero-order valence-electron chi connectivity index (χ0n) is 16.0. The van der Waals surface area contributed by atoms with Crippen LogP contribution in [-0.4, -0.2) is 27.4 Å². The van der Waals surface area contributed by atoms with E-state index >= 15 is 0 Å². The SMILES string of the molecule is Cc1cccc(NC(=O)CCN2C(=S)N[C@H](c3ccccn3)[C@H]2c2cccs2)c1. The van der Waals surface area contributed by atoms with Crippen LogP contribution in [0.3, 0.4) is 0 Å². The van der Waals surface area contributed by atoms with Gasteiger partial charge >= 0.3 is 0 Å². The number of carbonyl (C=O) groups excluding carboxylic acids is 1. The molecule has 1 fully saturated rings. The van der Waals surface area contributed by atoms with Gasteiger partial charge in [-0.25, -0.2) is 0 Å². The van der Waals surface area contributed by atoms with Gasteiger partial charge in [-0.15, -0.1) is 11.3 Å². The predicted octanol–water partition coefficient (Wildman–Crippen LogP) is 4.45. The van der Waals surface area contributed by atoms with Gasteiger partial charge in [-0.05, 0) is 60.4 Å². The largest absolute Gasteiger partial charge is 0.352 e. The Morgan fingerprint density at radius 3 is 2.86 bits per heavy atom. The van der Waals surface area contributed by atoms with Gasteiger partial charge < -0.3 is 15.5 Å². The topological polar surface area (TPSA) is 57.3 Å². The number of thiophene rings is 1. The third-order valence-corrected chi connectivity index (χ3v) is 6.21. The van der Waals surface area contributed by atoms with E-state index in [4.69, 9.17) is 12.2 Å². The number of amides is 1. The van der Waals surface area contributed by atoms with E-state index in [0.717, 1.165) is 16.9 Å². The quantitative estimate of drug-likeness (QED) is 0.575. The lowest BCUT2D eigenvalue weighted by Gasteiger charge is -2.26. The van der Waals surface area contributed by atoms with Crippen molar-refractivity contribution in [2.45, 2.75) is 25.4 Å². The summed E-state index contributed by atoms with van der Waals surface area (Å²) in [6.45, 7) is 2.54. The molecule has 5 nitrogen and oxygen atoms in total. The summed E-state index contributed by atoms with van der Waals surface area (Å²) in [4.78, 5) is 20.4. The number of aryl methyl sites for hydroxylation is 1. The Hall–Kier alpha value is -2.77. The summed E-state index contributed by atoms with van der Waals surface area (Å²) < 4.78 is 0. The number of benzene rings is 1. The highest BCUT2D eigenvalue weighted by molar-refractivity contribution is 7.80. The second kappa shape index (κ2) is 8.71. The van der Waals surface area contributed by atoms with Crippen LogP contribution in [-0.2, 0) is 4.79 Å². The highest BCUT2D eigenvalue weighted by Gasteiger charge is 2.40. The third-order valence-electron chi connectivity index (χ3n) is 4.91. The molecule has 1 aliphatic rings. The number of carbonyl (C=O) groups is 1. The van der Waals surface area contributed by atoms with Crippen LogP contribution in [0.15, 0.2) is 66.2 Å². The highest BCUT2D eigenvalue weighted by Crippen LogP contribution is 2.40. The maximum atomic E-state index is 12.5. The molecule has 7 heteroatoms. The minimum atomic E-state index is -0.0396. The van der Waals surface area contributed by atoms with Crippen molar-refractivity contribution in [1.82, 2.24) is 15.2 Å². The average molecular weight is 423 g/mol. The van der Waals surface area contributed by atoms with Gasteiger partial charge in [0.2, 0.25) is 5.91 Å². The van der Waals surface area contributed by atoms with Gasteiger partial charge in [0.05, 0.1) is 17.8 Å². The van der Waals surface area contributed by atoms with Crippen molar-refractivity contribution in [3.05, 3.63) is 82.3 Å². The third kappa shape index (κ3) is 4.46. The van der Waals surface area contributed by atoms with Gasteiger partial charge in [-0.3, -0.25) is 9.78 Å². The first kappa shape index (κ1) is 19.5. The Bertz CT molecular complexity index is 991. The molecule has 4 rings (SSSR count). The summed E-state index contributed by atoms with van der Waals surface area (Å²) in [5.74, 6) is -0.0235. The number of rotatable bonds is 6. The van der Waals surface area contributed by atoms with Crippen LogP contribution in [0.5, 0.6) is 0 Å². The second-order valence-electron chi connectivity index (χ2n) is 7.00. The first-order valence-corrected chi connectivity index (χ1v) is 10.8. The summed E-state index contributed by atoms with van der Waals surface area (Å²) >= 11 is 7.32. The molecule has 0 spiro atoms. The van der Waals surface area contributed by atoms with Crippen molar-refractivity contribution in [3.63, 3.8) is 0 Å². The van der Waals surface area contributed by atoms with Crippen molar-refractivity contribution in [1.29, 1.82) is 0 Å². The number of pyridine rings is 1. The zero-order chi connectivity index (χ0) is 20.2. The molecule has 2 aromatic heterocycles. The molecular formula is C22H22N4OS2. The first-order chi connectivity index (χ1) is 14.1. The summed E-state index contributed by atoms with van der Waals surface area (Å²) in [6, 6.07) is 17.8. The molecule has 148 valence electrons. The van der Waals surface area contributed by atoms with Crippen LogP contribution in [0, 0.1) is 6.92 Å². The molecule has 0 saturated carbocycles. The standard InChI is InChI=1S/C22H22N4OS2/c1-15-6-4-7-16(14-15)24-19(27)10-12-26-21(18-9-5-13-29-18)20(25-22(26)28)17-8-2-3-11-23-17/h2-9,11,13-14,20-21H,10,12H2,1H3,(H,24,27)(H,25,28)/t20-,21-/m1/s1. The summed E-state index contributed by atoms with van der Waals surface area (Å²) in [6.07, 6.45) is 2.15. The molecule has 2 N–H and O–H groups in total. The molecule has 1 amide bonds. The van der Waals surface area contributed by atoms with Crippen molar-refractivity contribution < 1.29 is 4.79 Å². The van der Waals surface area contributed by atoms with Crippen LogP contribution < -0.4 is 10.6 Å². The minimum absolute atomic E-state index is 0.0177. The van der Waals surface area contributed by atoms with E-state index in [2.05, 4.69) is 32.0 Å². The number of hydrogen-bond acceptors (Lipinski definition) is 4. The van der Waals surface area contributed by atoms with Gasteiger partial charge in [-0.1, -0.05) is 24.3 Å². The van der Waals surface area contributed by atoms with Gasteiger partial charge in [0.1, 0.15) is 0 Å². The number of hydrogen-bond donors (Lipinski definition) is 2. The molecular weight excluding hydrogens is 400 g/mol. The fourth-order valence-electron chi connectivity index (χ4n) is 3.58. The van der Waals surface area contributed by atoms with Crippen LogP contribution in [0.1, 0.15) is 34.6 Å². The highest BCUT2D eigenvalue weighted by atomic mass is 32.1. The fourth-order valence-corrected chi connectivity index (χ4v) is 4.79. The first-order valence-electron chi connectivity index (χ1n) is 9.50. The number of aromatic nitrogens is 1. The molecule has 0 radical (unpaired) electrons. The van der Waals surface area contributed by atoms with Crippen LogP contribution in [0.2, 0.25) is 0 Å². The molecule has 3 aromatic rings. The molecule has 29 heavy (non-hydrogen) atoms. The Morgan fingerprint density at radius 1 is 1.24 bits per heavy atom. The molecule has 0 aliphatic carbocycles. The van der Waals surface area contributed by atoms with Crippen molar-refractivity contribution in [2.24, 2.45) is 0 Å². The summed E-state index contributed by atoms with van der Waals surface area (Å²) in [5, 5.41) is 9.10. The fraction of sp³-hybridized carbons (Fsp3) is 0.227. The van der Waals surface area contributed by atoms with Gasteiger partial charge in [0, 0.05) is 29.7 Å². The Labute approximate surface area is 179 Å². The number of anilines is 1. The van der Waals surface area contributed by atoms with Gasteiger partial charge in [-0.2, -0.15) is 0 Å². The monoisotopic (exact) mass is 422 g/mol. The Balaban J connectivity index is 1.49. The van der Waals surface area contributed by atoms with Crippen molar-refractivity contribution in [3.8, 4) is 0 Å². The lowest BCUT2D eigenvalue weighted by Crippen LogP contribution is -2.32. The van der Waals surface area contributed by atoms with Crippen LogP contribution >= 0.6 is 23.6 Å². The van der Waals surface area contributed by atoms with E-state index in [1.807, 2.05) is 55.5 Å². The lowest BCUT2D eigenvalue weighted by molar-refractivity contribution is -0.116. The number of thiocarbonyl (C=S) groups is 1. The van der Waals surface area contributed by atoms with Crippen molar-refractivity contribution in [2.75, 3.05) is 11.9 Å². The number of nitrogens with one attached hydrogen (secondary N) is 2. The summed E-state index contributed by atoms with van der Waals surface area (Å²) in [5.41, 5.74) is 2.88. The van der Waals surface area contributed by atoms with Crippen molar-refractivity contribution >= 4 is 40.3 Å². The van der Waals surface area contributed by atoms with Gasteiger partial charge in [0.25, 0.3) is 0 Å². The van der Waals surface area contributed by atoms with E-state index in [-0.39, 0.29) is 18.0 Å². The lowest BCUT2D eigenvalue weighted by atomic mass is 10.0. The molecule has 0 bridgehead atoms. The van der Waals surface area contributed by atoms with E-state index in [1.165, 1.54) is 4.88 Å². The Kier molecular flexibility index (Phi) is 5.87. The summed E-state index contributed by atoms with van der Waals surface area (Å²) in [7, 11) is 0. The maximum absolute atomic E-state index is 12.5. The second-order valence-corrected chi connectivity index (χ2v) is 8.37. The molecule has 0 unspecified atom stereocenters. The molecule has 1 aliphatic heterocycles.